The maximum Gasteiger partial charge on any atom is 0.238 e. The monoisotopic (exact) mass is 280 g/mol. The summed E-state index contributed by atoms with van der Waals surface area (Å²) in [4.78, 5) is 12.4. The van der Waals surface area contributed by atoms with Crippen molar-refractivity contribution in [3.63, 3.8) is 0 Å². The average molecular weight is 280 g/mol. The lowest BCUT2D eigenvalue weighted by Gasteiger charge is -2.54. The summed E-state index contributed by atoms with van der Waals surface area (Å²) in [6.45, 7) is 0.977. The van der Waals surface area contributed by atoms with Gasteiger partial charge >= 0.3 is 0 Å². The minimum absolute atomic E-state index is 0.0518. The standard InChI is InChI=1S/C15H24N2OS/c18-15(13-8-19-2-1-16-13)17-14-11-4-9-3-10(6-11)7-12(14)5-9/h9-14,16H,1-8H2,(H,17,18). The van der Waals surface area contributed by atoms with E-state index < -0.39 is 0 Å². The molecule has 4 saturated carbocycles. The normalized spacial score (nSPS) is 48.2. The second kappa shape index (κ2) is 4.96. The van der Waals surface area contributed by atoms with Gasteiger partial charge in [0, 0.05) is 24.1 Å². The minimum atomic E-state index is 0.0518. The van der Waals surface area contributed by atoms with E-state index in [4.69, 9.17) is 0 Å². The summed E-state index contributed by atoms with van der Waals surface area (Å²) in [5, 5.41) is 6.78. The third-order valence-corrected chi connectivity index (χ3v) is 6.84. The summed E-state index contributed by atoms with van der Waals surface area (Å²) in [5.74, 6) is 5.90. The number of thioether (sulfide) groups is 1. The van der Waals surface area contributed by atoms with Crippen LogP contribution in [-0.4, -0.2) is 36.0 Å². The van der Waals surface area contributed by atoms with Gasteiger partial charge in [-0.15, -0.1) is 0 Å². The number of hydrogen-bond donors (Lipinski definition) is 2. The zero-order valence-electron chi connectivity index (χ0n) is 11.4. The van der Waals surface area contributed by atoms with Crippen LogP contribution in [0, 0.1) is 23.7 Å². The molecule has 2 N–H and O–H groups in total. The van der Waals surface area contributed by atoms with Crippen LogP contribution >= 0.6 is 11.8 Å². The molecule has 4 aliphatic carbocycles. The molecule has 106 valence electrons. The Kier molecular flexibility index (Phi) is 3.27. The predicted molar refractivity (Wildman–Crippen MR) is 78.1 cm³/mol. The topological polar surface area (TPSA) is 41.1 Å². The lowest BCUT2D eigenvalue weighted by atomic mass is 9.54. The summed E-state index contributed by atoms with van der Waals surface area (Å²) in [6, 6.07) is 0.546. The van der Waals surface area contributed by atoms with E-state index in [0.717, 1.165) is 41.7 Å². The van der Waals surface area contributed by atoms with E-state index in [0.29, 0.717) is 6.04 Å². The highest BCUT2D eigenvalue weighted by molar-refractivity contribution is 7.99. The van der Waals surface area contributed by atoms with Gasteiger partial charge < -0.3 is 10.6 Å². The maximum absolute atomic E-state index is 12.4. The quantitative estimate of drug-likeness (QED) is 0.808. The molecule has 0 aromatic rings. The zero-order chi connectivity index (χ0) is 12.8. The Hall–Kier alpha value is -0.220. The van der Waals surface area contributed by atoms with Crippen LogP contribution in [0.4, 0.5) is 0 Å². The Morgan fingerprint density at radius 2 is 1.74 bits per heavy atom. The highest BCUT2D eigenvalue weighted by atomic mass is 32.2. The molecule has 5 aliphatic rings. The molecule has 0 aromatic carbocycles. The molecule has 5 rings (SSSR count). The van der Waals surface area contributed by atoms with E-state index in [9.17, 15) is 4.79 Å². The van der Waals surface area contributed by atoms with Crippen LogP contribution in [0.5, 0.6) is 0 Å². The maximum atomic E-state index is 12.4. The molecule has 1 unspecified atom stereocenters. The number of hydrogen-bond acceptors (Lipinski definition) is 3. The van der Waals surface area contributed by atoms with Gasteiger partial charge in [0.05, 0.1) is 6.04 Å². The summed E-state index contributed by atoms with van der Waals surface area (Å²) in [6.07, 6.45) is 7.00. The average Bonchev–Trinajstić information content (AvgIpc) is 2.43. The van der Waals surface area contributed by atoms with Crippen LogP contribution in [-0.2, 0) is 4.79 Å². The van der Waals surface area contributed by atoms with Gasteiger partial charge in [-0.1, -0.05) is 0 Å². The van der Waals surface area contributed by atoms with Crippen molar-refractivity contribution in [1.82, 2.24) is 10.6 Å². The summed E-state index contributed by atoms with van der Waals surface area (Å²) in [5.41, 5.74) is 0. The van der Waals surface area contributed by atoms with Gasteiger partial charge in [-0.25, -0.2) is 0 Å². The molecule has 4 heteroatoms. The van der Waals surface area contributed by atoms with Crippen molar-refractivity contribution in [2.45, 2.75) is 44.2 Å². The Labute approximate surface area is 119 Å². The molecule has 1 aliphatic heterocycles. The Morgan fingerprint density at radius 1 is 1.05 bits per heavy atom. The molecule has 19 heavy (non-hydrogen) atoms. The fraction of sp³-hybridized carbons (Fsp3) is 0.933. The molecule has 1 heterocycles. The SMILES string of the molecule is O=C(NC1C2CC3CC(C2)CC1C3)C1CSCCN1. The molecule has 1 atom stereocenters. The fourth-order valence-electron chi connectivity index (χ4n) is 5.16. The Bertz CT molecular complexity index is 339. The first-order valence-electron chi connectivity index (χ1n) is 7.91. The van der Waals surface area contributed by atoms with E-state index in [-0.39, 0.29) is 11.9 Å². The summed E-state index contributed by atoms with van der Waals surface area (Å²) < 4.78 is 0. The molecule has 4 bridgehead atoms. The molecular formula is C15H24N2OS. The smallest absolute Gasteiger partial charge is 0.238 e. The summed E-state index contributed by atoms with van der Waals surface area (Å²) >= 11 is 1.90. The third kappa shape index (κ3) is 2.31. The van der Waals surface area contributed by atoms with Crippen molar-refractivity contribution < 1.29 is 4.79 Å². The first kappa shape index (κ1) is 12.5. The van der Waals surface area contributed by atoms with Crippen LogP contribution in [0.15, 0.2) is 0 Å². The molecule has 0 aromatic heterocycles. The zero-order valence-corrected chi connectivity index (χ0v) is 12.3. The van der Waals surface area contributed by atoms with Gasteiger partial charge in [-0.2, -0.15) is 11.8 Å². The molecule has 5 fully saturated rings. The molecule has 0 radical (unpaired) electrons. The van der Waals surface area contributed by atoms with E-state index in [1.54, 1.807) is 0 Å². The van der Waals surface area contributed by atoms with Crippen molar-refractivity contribution >= 4 is 17.7 Å². The van der Waals surface area contributed by atoms with Gasteiger partial charge in [0.1, 0.15) is 0 Å². The van der Waals surface area contributed by atoms with Gasteiger partial charge in [0.25, 0.3) is 0 Å². The van der Waals surface area contributed by atoms with E-state index >= 15 is 0 Å². The van der Waals surface area contributed by atoms with Crippen molar-refractivity contribution in [3.05, 3.63) is 0 Å². The van der Waals surface area contributed by atoms with Crippen LogP contribution < -0.4 is 10.6 Å². The lowest BCUT2D eigenvalue weighted by molar-refractivity contribution is -0.126. The van der Waals surface area contributed by atoms with Crippen LogP contribution in [0.1, 0.15) is 32.1 Å². The fourth-order valence-corrected chi connectivity index (χ4v) is 6.09. The van der Waals surface area contributed by atoms with Crippen LogP contribution in [0.25, 0.3) is 0 Å². The minimum Gasteiger partial charge on any atom is -0.351 e. The summed E-state index contributed by atoms with van der Waals surface area (Å²) in [7, 11) is 0. The molecule has 1 saturated heterocycles. The van der Waals surface area contributed by atoms with Gasteiger partial charge in [-0.05, 0) is 55.8 Å². The van der Waals surface area contributed by atoms with Gasteiger partial charge in [-0.3, -0.25) is 4.79 Å². The molecule has 0 spiro atoms. The number of amides is 1. The Balaban J connectivity index is 1.41. The van der Waals surface area contributed by atoms with Gasteiger partial charge in [0.2, 0.25) is 5.91 Å². The highest BCUT2D eigenvalue weighted by Gasteiger charge is 2.48. The van der Waals surface area contributed by atoms with E-state index in [1.807, 2.05) is 11.8 Å². The van der Waals surface area contributed by atoms with Crippen molar-refractivity contribution in [2.24, 2.45) is 23.7 Å². The number of rotatable bonds is 2. The second-order valence-electron chi connectivity index (χ2n) is 7.05. The second-order valence-corrected chi connectivity index (χ2v) is 8.20. The Morgan fingerprint density at radius 3 is 2.32 bits per heavy atom. The number of carbonyl (C=O) groups excluding carboxylic acids is 1. The van der Waals surface area contributed by atoms with Crippen molar-refractivity contribution in [1.29, 1.82) is 0 Å². The van der Waals surface area contributed by atoms with Crippen LogP contribution in [0.2, 0.25) is 0 Å². The first-order valence-corrected chi connectivity index (χ1v) is 9.06. The lowest BCUT2D eigenvalue weighted by Crippen LogP contribution is -2.59. The largest absolute Gasteiger partial charge is 0.351 e. The van der Waals surface area contributed by atoms with Crippen LogP contribution in [0.3, 0.4) is 0 Å². The highest BCUT2D eigenvalue weighted by Crippen LogP contribution is 2.53. The third-order valence-electron chi connectivity index (χ3n) is 5.77. The van der Waals surface area contributed by atoms with Crippen molar-refractivity contribution in [2.75, 3.05) is 18.1 Å². The number of nitrogens with one attached hydrogen (secondary N) is 2. The first-order chi connectivity index (χ1) is 9.29. The van der Waals surface area contributed by atoms with Gasteiger partial charge in [0.15, 0.2) is 0 Å². The molecule has 3 nitrogen and oxygen atoms in total. The van der Waals surface area contributed by atoms with E-state index in [2.05, 4.69) is 10.6 Å². The molecule has 1 amide bonds. The molecular weight excluding hydrogens is 256 g/mol. The van der Waals surface area contributed by atoms with Crippen molar-refractivity contribution in [3.8, 4) is 0 Å². The van der Waals surface area contributed by atoms with E-state index in [1.165, 1.54) is 32.1 Å². The number of carbonyl (C=O) groups is 1. The predicted octanol–water partition coefficient (Wildman–Crippen LogP) is 1.63.